The normalized spacial score (nSPS) is 12.8. The minimum Gasteiger partial charge on any atom is -0.309 e. The van der Waals surface area contributed by atoms with Crippen LogP contribution >= 0.6 is 38.6 Å². The summed E-state index contributed by atoms with van der Waals surface area (Å²) in [4.78, 5) is 2.96. The van der Waals surface area contributed by atoms with Gasteiger partial charge in [0.15, 0.2) is 0 Å². The van der Waals surface area contributed by atoms with Gasteiger partial charge in [-0.3, -0.25) is 0 Å². The van der Waals surface area contributed by atoms with Crippen LogP contribution in [0.4, 0.5) is 0 Å². The van der Waals surface area contributed by atoms with Crippen molar-refractivity contribution >= 4 is 38.6 Å². The average Bonchev–Trinajstić information content (AvgIpc) is 3.03. The Morgan fingerprint density at radius 1 is 1.32 bits per heavy atom. The number of hydrogen-bond acceptors (Lipinski definition) is 3. The molecule has 1 N–H and O–H groups in total. The first-order valence-corrected chi connectivity index (χ1v) is 9.32. The third-order valence-electron chi connectivity index (χ3n) is 3.15. The Balaban J connectivity index is 2.15. The van der Waals surface area contributed by atoms with Crippen molar-refractivity contribution in [2.75, 3.05) is 6.54 Å². The fourth-order valence-electron chi connectivity index (χ4n) is 2.18. The molecule has 0 aliphatic rings. The maximum atomic E-state index is 3.71. The molecule has 0 bridgehead atoms. The molecule has 0 aromatic carbocycles. The van der Waals surface area contributed by atoms with Crippen molar-refractivity contribution in [3.63, 3.8) is 0 Å². The van der Waals surface area contributed by atoms with E-state index < -0.39 is 0 Å². The maximum Gasteiger partial charge on any atom is 0.0466 e. The van der Waals surface area contributed by atoms with Crippen LogP contribution in [0, 0.1) is 0 Å². The topological polar surface area (TPSA) is 12.0 Å². The van der Waals surface area contributed by atoms with E-state index in [0.29, 0.717) is 6.04 Å². The number of rotatable bonds is 7. The van der Waals surface area contributed by atoms with Crippen LogP contribution in [0.25, 0.3) is 0 Å². The fraction of sp³-hybridized carbons (Fsp3) is 0.467. The SMILES string of the molecule is CCCNC(Cc1cc(Br)cs1)c1sccc1CC. The van der Waals surface area contributed by atoms with Crippen LogP contribution in [0.3, 0.4) is 0 Å². The van der Waals surface area contributed by atoms with E-state index in [1.54, 1.807) is 0 Å². The quantitative estimate of drug-likeness (QED) is 0.697. The molecule has 0 saturated heterocycles. The molecule has 0 fully saturated rings. The van der Waals surface area contributed by atoms with E-state index in [1.165, 1.54) is 26.2 Å². The smallest absolute Gasteiger partial charge is 0.0466 e. The Labute approximate surface area is 132 Å². The zero-order chi connectivity index (χ0) is 13.7. The number of halogens is 1. The lowest BCUT2D eigenvalue weighted by Gasteiger charge is -2.18. The molecule has 19 heavy (non-hydrogen) atoms. The van der Waals surface area contributed by atoms with Crippen molar-refractivity contribution in [2.45, 2.75) is 39.2 Å². The lowest BCUT2D eigenvalue weighted by molar-refractivity contribution is 0.536. The highest BCUT2D eigenvalue weighted by Gasteiger charge is 2.17. The van der Waals surface area contributed by atoms with E-state index in [0.717, 1.165) is 19.4 Å². The van der Waals surface area contributed by atoms with Crippen LogP contribution in [0.1, 0.15) is 41.6 Å². The summed E-state index contributed by atoms with van der Waals surface area (Å²) in [7, 11) is 0. The molecule has 1 nitrogen and oxygen atoms in total. The standard InChI is InChI=1S/C15H20BrNS2/c1-3-6-17-14(9-13-8-12(16)10-19-13)15-11(4-2)5-7-18-15/h5,7-8,10,14,17H,3-4,6,9H2,1-2H3. The molecule has 2 aromatic heterocycles. The van der Waals surface area contributed by atoms with E-state index in [-0.39, 0.29) is 0 Å². The Hall–Kier alpha value is -0.160. The molecule has 2 heterocycles. The molecule has 2 rings (SSSR count). The summed E-state index contributed by atoms with van der Waals surface area (Å²) in [6, 6.07) is 4.97. The van der Waals surface area contributed by atoms with Gasteiger partial charge in [0.2, 0.25) is 0 Å². The first kappa shape index (κ1) is 15.2. The van der Waals surface area contributed by atoms with Gasteiger partial charge in [-0.15, -0.1) is 22.7 Å². The van der Waals surface area contributed by atoms with Gasteiger partial charge in [0.1, 0.15) is 0 Å². The summed E-state index contributed by atoms with van der Waals surface area (Å²) < 4.78 is 1.20. The summed E-state index contributed by atoms with van der Waals surface area (Å²) in [5.74, 6) is 0. The van der Waals surface area contributed by atoms with Crippen molar-refractivity contribution < 1.29 is 0 Å². The van der Waals surface area contributed by atoms with E-state index in [9.17, 15) is 0 Å². The molecular formula is C15H20BrNS2. The van der Waals surface area contributed by atoms with E-state index >= 15 is 0 Å². The molecule has 4 heteroatoms. The van der Waals surface area contributed by atoms with E-state index in [2.05, 4.69) is 58.0 Å². The Morgan fingerprint density at radius 3 is 2.79 bits per heavy atom. The molecular weight excluding hydrogens is 338 g/mol. The molecule has 0 spiro atoms. The Morgan fingerprint density at radius 2 is 2.16 bits per heavy atom. The van der Waals surface area contributed by atoms with Crippen molar-refractivity contribution in [1.29, 1.82) is 0 Å². The van der Waals surface area contributed by atoms with Crippen molar-refractivity contribution in [1.82, 2.24) is 5.32 Å². The Kier molecular flexibility index (Phi) is 6.07. The van der Waals surface area contributed by atoms with Crippen molar-refractivity contribution in [2.24, 2.45) is 0 Å². The summed E-state index contributed by atoms with van der Waals surface area (Å²) in [5, 5.41) is 8.10. The summed E-state index contributed by atoms with van der Waals surface area (Å²) in [5.41, 5.74) is 1.49. The van der Waals surface area contributed by atoms with Gasteiger partial charge in [-0.2, -0.15) is 0 Å². The monoisotopic (exact) mass is 357 g/mol. The predicted molar refractivity (Wildman–Crippen MR) is 90.5 cm³/mol. The fourth-order valence-corrected chi connectivity index (χ4v) is 4.76. The Bertz CT molecular complexity index is 504. The molecule has 0 aliphatic carbocycles. The van der Waals surface area contributed by atoms with Crippen LogP contribution < -0.4 is 5.32 Å². The minimum atomic E-state index is 0.459. The number of nitrogens with one attached hydrogen (secondary N) is 1. The molecule has 104 valence electrons. The van der Waals surface area contributed by atoms with Crippen LogP contribution in [-0.2, 0) is 12.8 Å². The highest BCUT2D eigenvalue weighted by Crippen LogP contribution is 2.30. The average molecular weight is 358 g/mol. The van der Waals surface area contributed by atoms with E-state index in [1.807, 2.05) is 22.7 Å². The number of hydrogen-bond donors (Lipinski definition) is 1. The molecule has 0 amide bonds. The van der Waals surface area contributed by atoms with Crippen molar-refractivity contribution in [3.05, 3.63) is 42.7 Å². The second-order valence-electron chi connectivity index (χ2n) is 4.61. The maximum absolute atomic E-state index is 3.71. The van der Waals surface area contributed by atoms with Gasteiger partial charge in [-0.25, -0.2) is 0 Å². The molecule has 1 atom stereocenters. The minimum absolute atomic E-state index is 0.459. The third-order valence-corrected chi connectivity index (χ3v) is 5.94. The first-order valence-electron chi connectivity index (χ1n) is 6.77. The molecule has 0 radical (unpaired) electrons. The van der Waals surface area contributed by atoms with Gasteiger partial charge < -0.3 is 5.32 Å². The van der Waals surface area contributed by atoms with Gasteiger partial charge in [0, 0.05) is 32.1 Å². The van der Waals surface area contributed by atoms with Gasteiger partial charge in [0.05, 0.1) is 0 Å². The van der Waals surface area contributed by atoms with Gasteiger partial charge in [-0.05, 0) is 58.4 Å². The lowest BCUT2D eigenvalue weighted by Crippen LogP contribution is -2.23. The second-order valence-corrected chi connectivity index (χ2v) is 7.46. The number of aryl methyl sites for hydroxylation is 1. The second kappa shape index (κ2) is 7.58. The largest absolute Gasteiger partial charge is 0.309 e. The highest BCUT2D eigenvalue weighted by molar-refractivity contribution is 9.10. The molecule has 1 unspecified atom stereocenters. The third kappa shape index (κ3) is 4.15. The van der Waals surface area contributed by atoms with Crippen LogP contribution in [0.5, 0.6) is 0 Å². The van der Waals surface area contributed by atoms with Gasteiger partial charge in [-0.1, -0.05) is 13.8 Å². The summed E-state index contributed by atoms with van der Waals surface area (Å²) in [6.45, 7) is 5.55. The zero-order valence-corrected chi connectivity index (χ0v) is 14.6. The van der Waals surface area contributed by atoms with Gasteiger partial charge >= 0.3 is 0 Å². The van der Waals surface area contributed by atoms with Crippen molar-refractivity contribution in [3.8, 4) is 0 Å². The summed E-state index contributed by atoms with van der Waals surface area (Å²) >= 11 is 7.27. The van der Waals surface area contributed by atoms with Crippen LogP contribution in [-0.4, -0.2) is 6.54 Å². The van der Waals surface area contributed by atoms with E-state index in [4.69, 9.17) is 0 Å². The van der Waals surface area contributed by atoms with Crippen LogP contribution in [0.15, 0.2) is 27.4 Å². The molecule has 2 aromatic rings. The molecule has 0 saturated carbocycles. The van der Waals surface area contributed by atoms with Crippen LogP contribution in [0.2, 0.25) is 0 Å². The first-order chi connectivity index (χ1) is 9.24. The van der Waals surface area contributed by atoms with Gasteiger partial charge in [0.25, 0.3) is 0 Å². The highest BCUT2D eigenvalue weighted by atomic mass is 79.9. The number of thiophene rings is 2. The zero-order valence-electron chi connectivity index (χ0n) is 11.4. The summed E-state index contributed by atoms with van der Waals surface area (Å²) in [6.07, 6.45) is 3.39. The lowest BCUT2D eigenvalue weighted by atomic mass is 10.1. The molecule has 0 aliphatic heterocycles. The predicted octanol–water partition coefficient (Wildman–Crippen LogP) is 5.42.